The lowest BCUT2D eigenvalue weighted by Crippen LogP contribution is -2.36. The van der Waals surface area contributed by atoms with Crippen LogP contribution in [0.5, 0.6) is 0 Å². The summed E-state index contributed by atoms with van der Waals surface area (Å²) in [6.45, 7) is 0.907. The van der Waals surface area contributed by atoms with Gasteiger partial charge in [-0.2, -0.15) is 4.31 Å². The Kier molecular flexibility index (Phi) is 6.53. The highest BCUT2D eigenvalue weighted by molar-refractivity contribution is 7.89. The second kappa shape index (κ2) is 9.99. The van der Waals surface area contributed by atoms with Gasteiger partial charge in [-0.25, -0.2) is 13.4 Å². The van der Waals surface area contributed by atoms with E-state index in [0.717, 1.165) is 10.3 Å². The molecule has 0 N–H and O–H groups in total. The van der Waals surface area contributed by atoms with Crippen molar-refractivity contribution in [1.29, 1.82) is 0 Å². The quantitative estimate of drug-likeness (QED) is 0.248. The summed E-state index contributed by atoms with van der Waals surface area (Å²) in [6, 6.07) is 23.0. The second-order valence-corrected chi connectivity index (χ2v) is 12.3. The third-order valence-electron chi connectivity index (χ3n) is 6.56. The summed E-state index contributed by atoms with van der Waals surface area (Å²) in [5, 5.41) is 0.975. The van der Waals surface area contributed by atoms with Crippen molar-refractivity contribution in [2.75, 3.05) is 11.4 Å². The molecule has 192 valence electrons. The average molecular weight is 564 g/mol. The molecule has 0 bridgehead atoms. The number of halogens is 1. The van der Waals surface area contributed by atoms with Crippen LogP contribution in [0.25, 0.3) is 10.2 Å². The zero-order valence-electron chi connectivity index (χ0n) is 20.1. The van der Waals surface area contributed by atoms with Crippen LogP contribution in [-0.2, 0) is 29.5 Å². The number of thiazole rings is 1. The molecule has 0 radical (unpaired) electrons. The molecular weight excluding hydrogens is 542 g/mol. The van der Waals surface area contributed by atoms with Crippen LogP contribution in [-0.4, -0.2) is 30.2 Å². The molecule has 5 aromatic rings. The van der Waals surface area contributed by atoms with Crippen molar-refractivity contribution in [3.8, 4) is 0 Å². The molecule has 7 nitrogen and oxygen atoms in total. The lowest BCUT2D eigenvalue weighted by atomic mass is 10.0. The van der Waals surface area contributed by atoms with Gasteiger partial charge in [0.05, 0.1) is 27.4 Å². The Balaban J connectivity index is 1.29. The lowest BCUT2D eigenvalue weighted by molar-refractivity contribution is 0.0983. The van der Waals surface area contributed by atoms with Gasteiger partial charge in [0.2, 0.25) is 10.0 Å². The molecule has 1 aliphatic rings. The Morgan fingerprint density at radius 2 is 1.79 bits per heavy atom. The summed E-state index contributed by atoms with van der Waals surface area (Å²) in [5.74, 6) is 0.265. The number of para-hydroxylation sites is 1. The molecule has 0 saturated heterocycles. The first-order chi connectivity index (χ1) is 18.4. The van der Waals surface area contributed by atoms with Crippen LogP contribution in [0, 0.1) is 0 Å². The molecule has 0 fully saturated rings. The smallest absolute Gasteiger partial charge is 0.260 e. The monoisotopic (exact) mass is 563 g/mol. The van der Waals surface area contributed by atoms with Crippen molar-refractivity contribution in [2.24, 2.45) is 0 Å². The number of anilines is 1. The van der Waals surface area contributed by atoms with E-state index in [-0.39, 0.29) is 17.3 Å². The molecule has 1 amide bonds. The van der Waals surface area contributed by atoms with Crippen LogP contribution < -0.4 is 4.90 Å². The molecule has 38 heavy (non-hydrogen) atoms. The van der Waals surface area contributed by atoms with Gasteiger partial charge in [-0.3, -0.25) is 9.69 Å². The van der Waals surface area contributed by atoms with Crippen molar-refractivity contribution in [1.82, 2.24) is 9.29 Å². The van der Waals surface area contributed by atoms with Crippen molar-refractivity contribution in [2.45, 2.75) is 24.4 Å². The van der Waals surface area contributed by atoms with Gasteiger partial charge in [0.25, 0.3) is 5.91 Å². The number of carbonyl (C=O) groups excluding carboxylic acids is 1. The van der Waals surface area contributed by atoms with E-state index in [9.17, 15) is 13.2 Å². The first-order valence-electron chi connectivity index (χ1n) is 12.0. The summed E-state index contributed by atoms with van der Waals surface area (Å²) in [7, 11) is -3.71. The zero-order valence-corrected chi connectivity index (χ0v) is 22.5. The van der Waals surface area contributed by atoms with E-state index >= 15 is 0 Å². The van der Waals surface area contributed by atoms with Gasteiger partial charge < -0.3 is 4.42 Å². The predicted octanol–water partition coefficient (Wildman–Crippen LogP) is 6.14. The molecule has 0 saturated carbocycles. The molecule has 0 unspecified atom stereocenters. The normalized spacial score (nSPS) is 13.9. The summed E-state index contributed by atoms with van der Waals surface area (Å²) < 4.78 is 34.6. The van der Waals surface area contributed by atoms with E-state index in [1.807, 2.05) is 36.4 Å². The zero-order chi connectivity index (χ0) is 26.3. The summed E-state index contributed by atoms with van der Waals surface area (Å²) in [4.78, 5) is 20.0. The number of furan rings is 1. The molecule has 0 spiro atoms. The molecule has 3 heterocycles. The van der Waals surface area contributed by atoms with Crippen LogP contribution in [0.15, 0.2) is 94.4 Å². The van der Waals surface area contributed by atoms with Gasteiger partial charge in [0.1, 0.15) is 11.3 Å². The number of benzene rings is 3. The number of aromatic nitrogens is 1. The van der Waals surface area contributed by atoms with E-state index < -0.39 is 10.0 Å². The minimum atomic E-state index is -3.71. The number of carbonyl (C=O) groups is 1. The van der Waals surface area contributed by atoms with Crippen LogP contribution >= 0.6 is 22.9 Å². The van der Waals surface area contributed by atoms with E-state index in [0.29, 0.717) is 46.5 Å². The van der Waals surface area contributed by atoms with Crippen LogP contribution in [0.2, 0.25) is 5.02 Å². The number of fused-ring (bicyclic) bond motifs is 2. The highest BCUT2D eigenvalue weighted by Crippen LogP contribution is 2.34. The van der Waals surface area contributed by atoms with Gasteiger partial charge in [-0.1, -0.05) is 53.3 Å². The highest BCUT2D eigenvalue weighted by atomic mass is 35.5. The van der Waals surface area contributed by atoms with E-state index in [4.69, 9.17) is 16.0 Å². The van der Waals surface area contributed by atoms with Crippen LogP contribution in [0.4, 0.5) is 5.13 Å². The van der Waals surface area contributed by atoms with Gasteiger partial charge in [0.15, 0.2) is 5.13 Å². The summed E-state index contributed by atoms with van der Waals surface area (Å²) in [5.41, 5.74) is 3.15. The first kappa shape index (κ1) is 24.8. The Hall–Kier alpha value is -3.50. The van der Waals surface area contributed by atoms with E-state index in [1.165, 1.54) is 38.2 Å². The van der Waals surface area contributed by atoms with E-state index in [2.05, 4.69) is 4.98 Å². The maximum atomic E-state index is 13.7. The van der Waals surface area contributed by atoms with E-state index in [1.54, 1.807) is 36.6 Å². The maximum Gasteiger partial charge on any atom is 0.260 e. The second-order valence-electron chi connectivity index (χ2n) is 8.94. The fraction of sp³-hybridized carbons (Fsp3) is 0.143. The minimum Gasteiger partial charge on any atom is -0.467 e. The molecule has 6 rings (SSSR count). The summed E-state index contributed by atoms with van der Waals surface area (Å²) in [6.07, 6.45) is 2.21. The molecule has 10 heteroatoms. The molecular formula is C28H22ClN3O4S2. The lowest BCUT2D eigenvalue weighted by Gasteiger charge is -2.28. The van der Waals surface area contributed by atoms with Crippen molar-refractivity contribution in [3.63, 3.8) is 0 Å². The van der Waals surface area contributed by atoms with Crippen LogP contribution in [0.3, 0.4) is 0 Å². The largest absolute Gasteiger partial charge is 0.467 e. The molecule has 2 aromatic heterocycles. The minimum absolute atomic E-state index is 0.151. The third-order valence-corrected chi connectivity index (χ3v) is 9.77. The topological polar surface area (TPSA) is 83.7 Å². The van der Waals surface area contributed by atoms with Gasteiger partial charge in [-0.15, -0.1) is 0 Å². The van der Waals surface area contributed by atoms with Crippen molar-refractivity contribution in [3.05, 3.63) is 113 Å². The van der Waals surface area contributed by atoms with Crippen LogP contribution in [0.1, 0.15) is 27.2 Å². The number of hydrogen-bond acceptors (Lipinski definition) is 6. The summed E-state index contributed by atoms with van der Waals surface area (Å²) >= 11 is 7.68. The van der Waals surface area contributed by atoms with Crippen molar-refractivity contribution >= 4 is 54.2 Å². The maximum absolute atomic E-state index is 13.7. The fourth-order valence-electron chi connectivity index (χ4n) is 4.55. The van der Waals surface area contributed by atoms with Gasteiger partial charge >= 0.3 is 0 Å². The van der Waals surface area contributed by atoms with Crippen molar-refractivity contribution < 1.29 is 17.6 Å². The molecule has 1 aliphatic heterocycles. The van der Waals surface area contributed by atoms with Gasteiger partial charge in [-0.05, 0) is 66.1 Å². The highest BCUT2D eigenvalue weighted by Gasteiger charge is 2.29. The Morgan fingerprint density at radius 3 is 2.53 bits per heavy atom. The Morgan fingerprint density at radius 1 is 1.00 bits per heavy atom. The Labute approximate surface area is 229 Å². The number of rotatable bonds is 6. The number of amides is 1. The average Bonchev–Trinajstić information content (AvgIpc) is 3.62. The third kappa shape index (κ3) is 4.63. The fourth-order valence-corrected chi connectivity index (χ4v) is 7.23. The first-order valence-corrected chi connectivity index (χ1v) is 14.6. The predicted molar refractivity (Wildman–Crippen MR) is 148 cm³/mol. The molecule has 0 aliphatic carbocycles. The number of nitrogens with zero attached hydrogens (tertiary/aromatic N) is 3. The number of hydrogen-bond donors (Lipinski definition) is 0. The standard InChI is InChI=1S/C28H22ClN3O4S2/c29-24-8-3-9-25-26(24)30-28(37-25)32(18-22-7-4-16-36-22)27(33)20-10-12-23(13-11-20)38(34,35)31-15-14-19-5-1-2-6-21(19)17-31/h1-13,16H,14-15,17-18H2. The molecule has 0 atom stereocenters. The van der Waals surface area contributed by atoms with Gasteiger partial charge in [0, 0.05) is 18.7 Å². The Bertz CT molecular complexity index is 1730. The SMILES string of the molecule is O=C(c1ccc(S(=O)(=O)N2CCc3ccccc3C2)cc1)N(Cc1ccco1)c1nc2c(Cl)cccc2s1. The molecule has 3 aromatic carbocycles. The number of sulfonamides is 1.